The Kier molecular flexibility index (Phi) is 8.13. The Bertz CT molecular complexity index is 1150. The molecule has 0 spiro atoms. The van der Waals surface area contributed by atoms with Gasteiger partial charge in [-0.15, -0.1) is 6.58 Å². The SMILES string of the molecule is C=CCN1CCC2(c3cccc(OC(C)=O)c3)C[C@H](N(C)C(=O)c3ccccc3)CC(OC(C)=O)C2C1. The lowest BCUT2D eigenvalue weighted by Gasteiger charge is -2.56. The molecular formula is C30H36N2O5. The molecule has 1 amide bonds. The molecule has 2 aromatic carbocycles. The molecule has 0 radical (unpaired) electrons. The topological polar surface area (TPSA) is 76.2 Å². The van der Waals surface area contributed by atoms with Crippen LogP contribution in [0.1, 0.15) is 49.0 Å². The van der Waals surface area contributed by atoms with E-state index >= 15 is 0 Å². The highest BCUT2D eigenvalue weighted by atomic mass is 16.5. The Morgan fingerprint density at radius 1 is 1.11 bits per heavy atom. The van der Waals surface area contributed by atoms with Crippen LogP contribution in [-0.4, -0.2) is 66.5 Å². The van der Waals surface area contributed by atoms with Gasteiger partial charge in [0.1, 0.15) is 11.9 Å². The first-order chi connectivity index (χ1) is 17.7. The zero-order valence-corrected chi connectivity index (χ0v) is 21.9. The molecule has 0 aromatic heterocycles. The Morgan fingerprint density at radius 3 is 2.54 bits per heavy atom. The van der Waals surface area contributed by atoms with E-state index in [9.17, 15) is 14.4 Å². The van der Waals surface area contributed by atoms with E-state index < -0.39 is 0 Å². The van der Waals surface area contributed by atoms with Crippen LogP contribution >= 0.6 is 0 Å². The average molecular weight is 505 g/mol. The van der Waals surface area contributed by atoms with Gasteiger partial charge in [0.2, 0.25) is 0 Å². The van der Waals surface area contributed by atoms with Gasteiger partial charge in [-0.2, -0.15) is 0 Å². The second kappa shape index (κ2) is 11.3. The molecule has 7 heteroatoms. The number of carbonyl (C=O) groups is 3. The first-order valence-electron chi connectivity index (χ1n) is 12.8. The average Bonchev–Trinajstić information content (AvgIpc) is 2.88. The maximum absolute atomic E-state index is 13.4. The fraction of sp³-hybridized carbons (Fsp3) is 0.433. The molecule has 1 heterocycles. The van der Waals surface area contributed by atoms with E-state index in [2.05, 4.69) is 17.5 Å². The van der Waals surface area contributed by atoms with Gasteiger partial charge in [0.05, 0.1) is 0 Å². The molecule has 2 aromatic rings. The number of benzene rings is 2. The van der Waals surface area contributed by atoms with Crippen molar-refractivity contribution >= 4 is 17.8 Å². The third-order valence-corrected chi connectivity index (χ3v) is 7.86. The minimum atomic E-state index is -0.375. The molecule has 2 aliphatic rings. The Labute approximate surface area is 219 Å². The molecule has 7 nitrogen and oxygen atoms in total. The molecule has 1 aliphatic carbocycles. The van der Waals surface area contributed by atoms with Crippen molar-refractivity contribution in [1.82, 2.24) is 9.80 Å². The fourth-order valence-electron chi connectivity index (χ4n) is 6.20. The van der Waals surface area contributed by atoms with Gasteiger partial charge in [-0.25, -0.2) is 0 Å². The van der Waals surface area contributed by atoms with Gasteiger partial charge in [0.25, 0.3) is 5.91 Å². The zero-order valence-electron chi connectivity index (χ0n) is 21.9. The second-order valence-electron chi connectivity index (χ2n) is 10.2. The lowest BCUT2D eigenvalue weighted by atomic mass is 9.56. The highest BCUT2D eigenvalue weighted by molar-refractivity contribution is 5.94. The standard InChI is InChI=1S/C30H36N2O5/c1-5-15-32-16-14-30(24-12-9-13-26(17-24)36-21(2)33)19-25(18-28(27(30)20-32)37-22(3)34)31(4)29(35)23-10-7-6-8-11-23/h5-13,17,25,27-28H,1,14-16,18-20H2,2-4H3/t25-,27?,28?,30?/m1/s1. The minimum absolute atomic E-state index is 0.00848. The molecule has 4 rings (SSSR count). The first kappa shape index (κ1) is 26.6. The molecule has 0 bridgehead atoms. The van der Waals surface area contributed by atoms with Crippen molar-refractivity contribution in [3.63, 3.8) is 0 Å². The number of esters is 2. The number of piperidine rings is 1. The van der Waals surface area contributed by atoms with Crippen molar-refractivity contribution in [2.45, 2.75) is 50.7 Å². The zero-order chi connectivity index (χ0) is 26.6. The van der Waals surface area contributed by atoms with Crippen molar-refractivity contribution in [3.8, 4) is 5.75 Å². The number of ether oxygens (including phenoxy) is 2. The van der Waals surface area contributed by atoms with Crippen molar-refractivity contribution < 1.29 is 23.9 Å². The van der Waals surface area contributed by atoms with Crippen LogP contribution in [0, 0.1) is 5.92 Å². The number of carbonyl (C=O) groups excluding carboxylic acids is 3. The van der Waals surface area contributed by atoms with E-state index in [4.69, 9.17) is 9.47 Å². The van der Waals surface area contributed by atoms with E-state index in [-0.39, 0.29) is 41.3 Å². The lowest BCUT2D eigenvalue weighted by molar-refractivity contribution is -0.158. The van der Waals surface area contributed by atoms with Crippen molar-refractivity contribution in [3.05, 3.63) is 78.4 Å². The Morgan fingerprint density at radius 2 is 1.86 bits per heavy atom. The lowest BCUT2D eigenvalue weighted by Crippen LogP contribution is -2.61. The number of rotatable bonds is 7. The molecule has 1 saturated carbocycles. The van der Waals surface area contributed by atoms with E-state index in [0.29, 0.717) is 17.7 Å². The largest absolute Gasteiger partial charge is 0.462 e. The molecular weight excluding hydrogens is 468 g/mol. The number of amides is 1. The minimum Gasteiger partial charge on any atom is -0.462 e. The summed E-state index contributed by atoms with van der Waals surface area (Å²) in [6, 6.07) is 16.8. The predicted molar refractivity (Wildman–Crippen MR) is 141 cm³/mol. The third kappa shape index (κ3) is 5.77. The first-order valence-corrected chi connectivity index (χ1v) is 12.8. The van der Waals surface area contributed by atoms with Crippen molar-refractivity contribution in [2.24, 2.45) is 5.92 Å². The molecule has 4 atom stereocenters. The summed E-state index contributed by atoms with van der Waals surface area (Å²) in [7, 11) is 1.83. The van der Waals surface area contributed by atoms with Crippen molar-refractivity contribution in [2.75, 3.05) is 26.7 Å². The molecule has 1 aliphatic heterocycles. The summed E-state index contributed by atoms with van der Waals surface area (Å²) in [5.74, 6) is -0.259. The van der Waals surface area contributed by atoms with Gasteiger partial charge < -0.3 is 14.4 Å². The molecule has 1 saturated heterocycles. The summed E-state index contributed by atoms with van der Waals surface area (Å²) < 4.78 is 11.4. The molecule has 37 heavy (non-hydrogen) atoms. The van der Waals surface area contributed by atoms with E-state index in [1.807, 2.05) is 55.6 Å². The van der Waals surface area contributed by atoms with Crippen molar-refractivity contribution in [1.29, 1.82) is 0 Å². The van der Waals surface area contributed by atoms with Gasteiger partial charge in [-0.05, 0) is 49.2 Å². The summed E-state index contributed by atoms with van der Waals surface area (Å²) in [6.45, 7) is 9.07. The number of hydrogen-bond acceptors (Lipinski definition) is 6. The monoisotopic (exact) mass is 504 g/mol. The van der Waals surface area contributed by atoms with E-state index in [0.717, 1.165) is 38.0 Å². The van der Waals surface area contributed by atoms with Gasteiger partial charge in [-0.3, -0.25) is 19.3 Å². The molecule has 196 valence electrons. The van der Waals surface area contributed by atoms with Crippen LogP contribution in [0.3, 0.4) is 0 Å². The predicted octanol–water partition coefficient (Wildman–Crippen LogP) is 4.22. The number of nitrogens with zero attached hydrogens (tertiary/aromatic N) is 2. The fourth-order valence-corrected chi connectivity index (χ4v) is 6.20. The summed E-state index contributed by atoms with van der Waals surface area (Å²) in [4.78, 5) is 41.5. The normalized spacial score (nSPS) is 25.4. The van der Waals surface area contributed by atoms with Gasteiger partial charge in [0, 0.05) is 63.3 Å². The third-order valence-electron chi connectivity index (χ3n) is 7.86. The van der Waals surface area contributed by atoms with Crippen LogP contribution in [0.2, 0.25) is 0 Å². The Hall–Kier alpha value is -3.45. The highest BCUT2D eigenvalue weighted by Gasteiger charge is 2.54. The van der Waals surface area contributed by atoms with E-state index in [1.54, 1.807) is 11.0 Å². The molecule has 3 unspecified atom stereocenters. The summed E-state index contributed by atoms with van der Waals surface area (Å²) >= 11 is 0. The summed E-state index contributed by atoms with van der Waals surface area (Å²) in [5, 5.41) is 0. The number of hydrogen-bond donors (Lipinski definition) is 0. The maximum Gasteiger partial charge on any atom is 0.308 e. The smallest absolute Gasteiger partial charge is 0.308 e. The van der Waals surface area contributed by atoms with Gasteiger partial charge in [0.15, 0.2) is 0 Å². The van der Waals surface area contributed by atoms with Crippen LogP contribution in [-0.2, 0) is 19.7 Å². The summed E-state index contributed by atoms with van der Waals surface area (Å²) in [6.07, 6.45) is 3.62. The van der Waals surface area contributed by atoms with Crippen LogP contribution in [0.25, 0.3) is 0 Å². The Balaban J connectivity index is 1.76. The highest BCUT2D eigenvalue weighted by Crippen LogP contribution is 2.51. The maximum atomic E-state index is 13.4. The van der Waals surface area contributed by atoms with Crippen LogP contribution < -0.4 is 4.74 Å². The van der Waals surface area contributed by atoms with E-state index in [1.165, 1.54) is 13.8 Å². The quantitative estimate of drug-likeness (QED) is 0.319. The molecule has 2 fully saturated rings. The molecule has 0 N–H and O–H groups in total. The summed E-state index contributed by atoms with van der Waals surface area (Å²) in [5.41, 5.74) is 1.29. The van der Waals surface area contributed by atoms with Crippen LogP contribution in [0.15, 0.2) is 67.3 Å². The second-order valence-corrected chi connectivity index (χ2v) is 10.2. The number of likely N-dealkylation sites (tertiary alicyclic amines) is 1. The van der Waals surface area contributed by atoms with Crippen LogP contribution in [0.4, 0.5) is 0 Å². The van der Waals surface area contributed by atoms with Crippen LogP contribution in [0.5, 0.6) is 5.75 Å². The van der Waals surface area contributed by atoms with Gasteiger partial charge in [-0.1, -0.05) is 36.4 Å². The number of fused-ring (bicyclic) bond motifs is 1. The van der Waals surface area contributed by atoms with Gasteiger partial charge >= 0.3 is 11.9 Å².